The summed E-state index contributed by atoms with van der Waals surface area (Å²) in [6.45, 7) is 0. The molecule has 2 N–H and O–H groups in total. The van der Waals surface area contributed by atoms with Gasteiger partial charge < -0.3 is 18.1 Å². The normalized spacial score (nSPS) is 18.6. The van der Waals surface area contributed by atoms with E-state index in [2.05, 4.69) is 5.27 Å². The molecule has 0 bridgehead atoms. The van der Waals surface area contributed by atoms with Gasteiger partial charge in [0.25, 0.3) is 12.1 Å². The van der Waals surface area contributed by atoms with E-state index in [1.807, 2.05) is 4.68 Å². The van der Waals surface area contributed by atoms with Gasteiger partial charge in [0.2, 0.25) is 5.27 Å². The molecule has 0 saturated heterocycles. The monoisotopic (exact) mass is 217 g/mol. The first kappa shape index (κ1) is 11.3. The van der Waals surface area contributed by atoms with Crippen LogP contribution in [0, 0.1) is 0 Å². The summed E-state index contributed by atoms with van der Waals surface area (Å²) in [6.07, 6.45) is 9.49. The van der Waals surface area contributed by atoms with Crippen molar-refractivity contribution in [2.24, 2.45) is 0 Å². The lowest BCUT2D eigenvalue weighted by atomic mass is 10.1. The molecule has 0 aliphatic heterocycles. The van der Waals surface area contributed by atoms with E-state index in [1.54, 1.807) is 6.20 Å². The lowest BCUT2D eigenvalue weighted by molar-refractivity contribution is -0.786. The topological polar surface area (TPSA) is 55.9 Å². The van der Waals surface area contributed by atoms with E-state index in [4.69, 9.17) is 10.3 Å². The predicted molar refractivity (Wildman–Crippen MR) is 47.8 cm³/mol. The zero-order chi connectivity index (χ0) is 9.10. The van der Waals surface area contributed by atoms with Gasteiger partial charge in [0.05, 0.1) is 0 Å². The number of nitrogens with zero attached hydrogens (tertiary/aromatic N) is 2. The van der Waals surface area contributed by atoms with Gasteiger partial charge in [-0.15, -0.1) is 0 Å². The third-order valence-electron chi connectivity index (χ3n) is 2.70. The average molecular weight is 218 g/mol. The zero-order valence-electron chi connectivity index (χ0n) is 8.16. The summed E-state index contributed by atoms with van der Waals surface area (Å²) in [5.74, 6) is 0.407. The van der Waals surface area contributed by atoms with Crippen LogP contribution in [0.25, 0.3) is 0 Å². The Hall–Kier alpha value is -0.770. The first-order valence-corrected chi connectivity index (χ1v) is 5.00. The lowest BCUT2D eigenvalue weighted by Gasteiger charge is -2.01. The molecule has 14 heavy (non-hydrogen) atoms. The van der Waals surface area contributed by atoms with E-state index in [0.29, 0.717) is 11.9 Å². The van der Waals surface area contributed by atoms with Crippen LogP contribution in [-0.4, -0.2) is 5.27 Å². The minimum absolute atomic E-state index is 0. The van der Waals surface area contributed by atoms with Crippen LogP contribution in [0.1, 0.15) is 44.6 Å². The van der Waals surface area contributed by atoms with Gasteiger partial charge in [-0.05, 0) is 17.5 Å². The molecular weight excluding hydrogens is 202 g/mol. The van der Waals surface area contributed by atoms with Gasteiger partial charge in [-0.25, -0.2) is 0 Å². The van der Waals surface area contributed by atoms with Gasteiger partial charge in [0.15, 0.2) is 6.04 Å². The van der Waals surface area contributed by atoms with Crippen LogP contribution >= 0.6 is 0 Å². The third kappa shape index (κ3) is 2.61. The smallest absolute Gasteiger partial charge is 0.293 e. The van der Waals surface area contributed by atoms with Crippen molar-refractivity contribution in [1.29, 1.82) is 0 Å². The minimum atomic E-state index is 0. The van der Waals surface area contributed by atoms with Crippen LogP contribution in [-0.2, 0) is 0 Å². The van der Waals surface area contributed by atoms with Gasteiger partial charge in [0, 0.05) is 12.8 Å². The standard InChI is InChI=1S/C9H16N3O.ClH/c10-9-7-12(11-13-9)8-5-3-1-2-4-6-8;/h7-8H,1-6,10H2;1H/q+1;/p-1. The second-order valence-electron chi connectivity index (χ2n) is 3.73. The van der Waals surface area contributed by atoms with Crippen molar-refractivity contribution in [2.45, 2.75) is 44.6 Å². The first-order chi connectivity index (χ1) is 6.36. The molecule has 1 heterocycles. The van der Waals surface area contributed by atoms with Crippen molar-refractivity contribution in [1.82, 2.24) is 5.27 Å². The number of rotatable bonds is 1. The molecule has 80 valence electrons. The summed E-state index contributed by atoms with van der Waals surface area (Å²) in [6, 6.07) is 0.503. The largest absolute Gasteiger partial charge is 1.00 e. The highest BCUT2D eigenvalue weighted by molar-refractivity contribution is 5.11. The van der Waals surface area contributed by atoms with E-state index in [1.165, 1.54) is 38.5 Å². The second-order valence-corrected chi connectivity index (χ2v) is 3.73. The Morgan fingerprint density at radius 3 is 2.43 bits per heavy atom. The number of nitrogen functional groups attached to an aromatic ring is 1. The molecule has 1 saturated carbocycles. The summed E-state index contributed by atoms with van der Waals surface area (Å²) in [5, 5.41) is 3.90. The molecule has 1 aromatic heterocycles. The van der Waals surface area contributed by atoms with Crippen LogP contribution < -0.4 is 22.8 Å². The SMILES string of the molecule is Nc1c[n+](C2CCCCCC2)no1.[Cl-]. The summed E-state index contributed by atoms with van der Waals surface area (Å²) in [7, 11) is 0. The molecule has 1 fully saturated rings. The highest BCUT2D eigenvalue weighted by atomic mass is 35.5. The van der Waals surface area contributed by atoms with Gasteiger partial charge in [-0.2, -0.15) is 0 Å². The molecule has 0 spiro atoms. The van der Waals surface area contributed by atoms with E-state index in [9.17, 15) is 0 Å². The van der Waals surface area contributed by atoms with Gasteiger partial charge in [0.1, 0.15) is 0 Å². The van der Waals surface area contributed by atoms with Crippen LogP contribution in [0.4, 0.5) is 5.88 Å². The molecule has 0 amide bonds. The first-order valence-electron chi connectivity index (χ1n) is 5.00. The van der Waals surface area contributed by atoms with E-state index in [-0.39, 0.29) is 12.4 Å². The Bertz CT molecular complexity index is 269. The van der Waals surface area contributed by atoms with Crippen molar-refractivity contribution in [3.8, 4) is 0 Å². The maximum atomic E-state index is 5.47. The molecule has 0 unspecified atom stereocenters. The summed E-state index contributed by atoms with van der Waals surface area (Å²) < 4.78 is 6.72. The van der Waals surface area contributed by atoms with E-state index < -0.39 is 0 Å². The molecule has 2 rings (SSSR count). The molecule has 1 aliphatic rings. The van der Waals surface area contributed by atoms with Gasteiger partial charge >= 0.3 is 0 Å². The van der Waals surface area contributed by atoms with Crippen molar-refractivity contribution in [3.05, 3.63) is 6.20 Å². The third-order valence-corrected chi connectivity index (χ3v) is 2.70. The molecule has 5 heteroatoms. The average Bonchev–Trinajstić information content (AvgIpc) is 2.43. The van der Waals surface area contributed by atoms with Crippen molar-refractivity contribution in [2.75, 3.05) is 5.73 Å². The van der Waals surface area contributed by atoms with Crippen LogP contribution in [0.5, 0.6) is 0 Å². The zero-order valence-corrected chi connectivity index (χ0v) is 8.91. The number of halogens is 1. The fourth-order valence-corrected chi connectivity index (χ4v) is 1.97. The molecule has 0 aromatic carbocycles. The Morgan fingerprint density at radius 2 is 1.93 bits per heavy atom. The molecule has 4 nitrogen and oxygen atoms in total. The quantitative estimate of drug-likeness (QED) is 0.458. The number of aromatic nitrogens is 2. The summed E-state index contributed by atoms with van der Waals surface area (Å²) in [5.41, 5.74) is 5.47. The minimum Gasteiger partial charge on any atom is -1.00 e. The Morgan fingerprint density at radius 1 is 1.29 bits per heavy atom. The molecule has 1 aromatic rings. The Kier molecular flexibility index (Phi) is 4.20. The Labute approximate surface area is 89.8 Å². The number of anilines is 1. The number of nitrogens with two attached hydrogens (primary N) is 1. The molecule has 0 atom stereocenters. The van der Waals surface area contributed by atoms with E-state index >= 15 is 0 Å². The number of hydrogen-bond donors (Lipinski definition) is 1. The fourth-order valence-electron chi connectivity index (χ4n) is 1.97. The summed E-state index contributed by atoms with van der Waals surface area (Å²) in [4.78, 5) is 0. The lowest BCUT2D eigenvalue weighted by Crippen LogP contribution is -3.00. The molecular formula is C9H16ClN3O. The molecule has 1 aliphatic carbocycles. The number of hydrogen-bond acceptors (Lipinski definition) is 3. The van der Waals surface area contributed by atoms with Crippen molar-refractivity contribution >= 4 is 5.88 Å². The van der Waals surface area contributed by atoms with Gasteiger partial charge in [-0.3, -0.25) is 4.52 Å². The van der Waals surface area contributed by atoms with Crippen LogP contribution in [0.15, 0.2) is 10.7 Å². The van der Waals surface area contributed by atoms with Crippen molar-refractivity contribution in [3.63, 3.8) is 0 Å². The highest BCUT2D eigenvalue weighted by Crippen LogP contribution is 2.22. The maximum absolute atomic E-state index is 5.47. The summed E-state index contributed by atoms with van der Waals surface area (Å²) >= 11 is 0. The van der Waals surface area contributed by atoms with Crippen LogP contribution in [0.2, 0.25) is 0 Å². The highest BCUT2D eigenvalue weighted by Gasteiger charge is 2.24. The van der Waals surface area contributed by atoms with Crippen molar-refractivity contribution < 1.29 is 21.6 Å². The Balaban J connectivity index is 0.000000980. The maximum Gasteiger partial charge on any atom is 0.293 e. The second kappa shape index (κ2) is 5.20. The fraction of sp³-hybridized carbons (Fsp3) is 0.778. The van der Waals surface area contributed by atoms with E-state index in [0.717, 1.165) is 0 Å². The van der Waals surface area contributed by atoms with Gasteiger partial charge in [-0.1, -0.05) is 12.8 Å². The predicted octanol–water partition coefficient (Wildman–Crippen LogP) is -1.56. The molecule has 0 radical (unpaired) electrons. The van der Waals surface area contributed by atoms with Crippen LogP contribution in [0.3, 0.4) is 0 Å².